The van der Waals surface area contributed by atoms with Gasteiger partial charge in [0.15, 0.2) is 0 Å². The molecule has 0 amide bonds. The van der Waals surface area contributed by atoms with Gasteiger partial charge >= 0.3 is 0 Å². The van der Waals surface area contributed by atoms with Crippen LogP contribution in [0.25, 0.3) is 0 Å². The molecular formula is C14H19BrN4O. The van der Waals surface area contributed by atoms with Crippen LogP contribution in [-0.4, -0.2) is 35.0 Å². The Morgan fingerprint density at radius 3 is 3.05 bits per heavy atom. The fourth-order valence-corrected chi connectivity index (χ4v) is 3.65. The van der Waals surface area contributed by atoms with Crippen LogP contribution < -0.4 is 15.8 Å². The first-order valence-electron chi connectivity index (χ1n) is 7.06. The molecule has 2 aliphatic rings. The first-order valence-corrected chi connectivity index (χ1v) is 7.86. The number of rotatable bonds is 3. The number of nitrogens with zero attached hydrogens (tertiary/aromatic N) is 3. The van der Waals surface area contributed by atoms with Gasteiger partial charge in [0, 0.05) is 25.2 Å². The smallest absolute Gasteiger partial charge is 0.283 e. The molecule has 0 aromatic carbocycles. The van der Waals surface area contributed by atoms with Gasteiger partial charge in [0.25, 0.3) is 5.56 Å². The van der Waals surface area contributed by atoms with E-state index in [2.05, 4.69) is 37.8 Å². The molecule has 108 valence electrons. The minimum absolute atomic E-state index is 0.0928. The highest BCUT2D eigenvalue weighted by atomic mass is 79.9. The first kappa shape index (κ1) is 13.8. The van der Waals surface area contributed by atoms with Crippen LogP contribution >= 0.6 is 15.9 Å². The van der Waals surface area contributed by atoms with Crippen molar-refractivity contribution < 1.29 is 0 Å². The van der Waals surface area contributed by atoms with Crippen LogP contribution in [0.15, 0.2) is 28.1 Å². The molecule has 3 heterocycles. The maximum atomic E-state index is 12.2. The van der Waals surface area contributed by atoms with Crippen molar-refractivity contribution in [3.63, 3.8) is 0 Å². The molecule has 6 heteroatoms. The number of nitrogens with one attached hydrogen (secondary N) is 1. The van der Waals surface area contributed by atoms with Crippen molar-refractivity contribution >= 4 is 21.6 Å². The van der Waals surface area contributed by atoms with E-state index in [1.165, 1.54) is 17.5 Å². The number of anilines is 1. The Bertz CT molecular complexity index is 571. The molecule has 2 bridgehead atoms. The summed E-state index contributed by atoms with van der Waals surface area (Å²) in [6.07, 6.45) is 7.08. The highest BCUT2D eigenvalue weighted by Crippen LogP contribution is 2.27. The minimum Gasteiger partial charge on any atom is -0.368 e. The second-order valence-corrected chi connectivity index (χ2v) is 6.29. The number of hydrogen-bond acceptors (Lipinski definition) is 4. The lowest BCUT2D eigenvalue weighted by Crippen LogP contribution is -2.36. The number of aromatic nitrogens is 2. The third kappa shape index (κ3) is 2.54. The van der Waals surface area contributed by atoms with Gasteiger partial charge in [-0.3, -0.25) is 4.79 Å². The largest absolute Gasteiger partial charge is 0.368 e. The number of allylic oxidation sites excluding steroid dienone is 1. The van der Waals surface area contributed by atoms with Crippen molar-refractivity contribution in [1.82, 2.24) is 15.1 Å². The summed E-state index contributed by atoms with van der Waals surface area (Å²) in [5.74, 6) is 0. The van der Waals surface area contributed by atoms with Crippen LogP contribution in [0.2, 0.25) is 0 Å². The molecule has 3 rings (SSSR count). The molecule has 2 fully saturated rings. The lowest BCUT2D eigenvalue weighted by Gasteiger charge is -2.26. The van der Waals surface area contributed by atoms with Gasteiger partial charge in [-0.25, -0.2) is 4.68 Å². The zero-order chi connectivity index (χ0) is 14.1. The quantitative estimate of drug-likeness (QED) is 0.849. The molecule has 0 spiro atoms. The van der Waals surface area contributed by atoms with Crippen molar-refractivity contribution in [2.24, 2.45) is 0 Å². The van der Waals surface area contributed by atoms with Gasteiger partial charge in [-0.1, -0.05) is 6.08 Å². The first-order chi connectivity index (χ1) is 9.69. The fourth-order valence-electron chi connectivity index (χ4n) is 3.09. The summed E-state index contributed by atoms with van der Waals surface area (Å²) < 4.78 is 2.02. The SMILES string of the molecule is C=CCn1ncc(N2CCC3CCC(C2)N3)c(Br)c1=O. The van der Waals surface area contributed by atoms with Crippen molar-refractivity contribution in [2.75, 3.05) is 18.0 Å². The molecule has 2 saturated heterocycles. The van der Waals surface area contributed by atoms with Gasteiger partial charge in [-0.05, 0) is 35.2 Å². The van der Waals surface area contributed by atoms with Gasteiger partial charge in [0.05, 0.1) is 18.4 Å². The van der Waals surface area contributed by atoms with E-state index >= 15 is 0 Å². The monoisotopic (exact) mass is 338 g/mol. The predicted molar refractivity (Wildman–Crippen MR) is 83.2 cm³/mol. The van der Waals surface area contributed by atoms with E-state index in [4.69, 9.17) is 0 Å². The Hall–Kier alpha value is -1.14. The second-order valence-electron chi connectivity index (χ2n) is 5.49. The molecule has 0 aliphatic carbocycles. The van der Waals surface area contributed by atoms with Gasteiger partial charge in [0.2, 0.25) is 0 Å². The zero-order valence-electron chi connectivity index (χ0n) is 11.4. The van der Waals surface area contributed by atoms with Gasteiger partial charge in [-0.2, -0.15) is 5.10 Å². The summed E-state index contributed by atoms with van der Waals surface area (Å²) in [5.41, 5.74) is 0.814. The third-order valence-electron chi connectivity index (χ3n) is 4.13. The average molecular weight is 339 g/mol. The Morgan fingerprint density at radius 2 is 2.25 bits per heavy atom. The van der Waals surface area contributed by atoms with Crippen molar-refractivity contribution in [1.29, 1.82) is 0 Å². The number of fused-ring (bicyclic) bond motifs is 2. The van der Waals surface area contributed by atoms with E-state index in [0.29, 0.717) is 23.1 Å². The summed E-state index contributed by atoms with van der Waals surface area (Å²) in [7, 11) is 0. The molecule has 0 saturated carbocycles. The maximum absolute atomic E-state index is 12.2. The molecular weight excluding hydrogens is 320 g/mol. The van der Waals surface area contributed by atoms with Crippen molar-refractivity contribution in [3.8, 4) is 0 Å². The molecule has 1 aromatic heterocycles. The molecule has 5 nitrogen and oxygen atoms in total. The van der Waals surface area contributed by atoms with E-state index in [-0.39, 0.29) is 5.56 Å². The van der Waals surface area contributed by atoms with E-state index in [0.717, 1.165) is 25.2 Å². The Kier molecular flexibility index (Phi) is 3.94. The second kappa shape index (κ2) is 5.69. The fraction of sp³-hybridized carbons (Fsp3) is 0.571. The summed E-state index contributed by atoms with van der Waals surface area (Å²) in [6.45, 7) is 6.00. The van der Waals surface area contributed by atoms with E-state index in [9.17, 15) is 4.79 Å². The van der Waals surface area contributed by atoms with Crippen LogP contribution in [0.4, 0.5) is 5.69 Å². The molecule has 20 heavy (non-hydrogen) atoms. The van der Waals surface area contributed by atoms with Crippen molar-refractivity contribution in [2.45, 2.75) is 37.9 Å². The van der Waals surface area contributed by atoms with E-state index < -0.39 is 0 Å². The molecule has 0 radical (unpaired) electrons. The number of halogens is 1. The Balaban J connectivity index is 1.88. The highest BCUT2D eigenvalue weighted by Gasteiger charge is 2.30. The lowest BCUT2D eigenvalue weighted by molar-refractivity contribution is 0.563. The zero-order valence-corrected chi connectivity index (χ0v) is 13.0. The van der Waals surface area contributed by atoms with Crippen LogP contribution in [0.1, 0.15) is 19.3 Å². The summed E-state index contributed by atoms with van der Waals surface area (Å²) >= 11 is 3.45. The summed E-state index contributed by atoms with van der Waals surface area (Å²) in [6, 6.07) is 1.17. The van der Waals surface area contributed by atoms with E-state index in [1.54, 1.807) is 12.3 Å². The third-order valence-corrected chi connectivity index (χ3v) is 4.88. The molecule has 2 unspecified atom stereocenters. The highest BCUT2D eigenvalue weighted by molar-refractivity contribution is 9.10. The summed E-state index contributed by atoms with van der Waals surface area (Å²) in [4.78, 5) is 14.5. The van der Waals surface area contributed by atoms with Crippen LogP contribution in [0.3, 0.4) is 0 Å². The molecule has 1 aromatic rings. The molecule has 2 atom stereocenters. The average Bonchev–Trinajstić information content (AvgIpc) is 2.76. The Labute approximate surface area is 126 Å². The van der Waals surface area contributed by atoms with E-state index in [1.807, 2.05) is 0 Å². The van der Waals surface area contributed by atoms with Crippen molar-refractivity contribution in [3.05, 3.63) is 33.7 Å². The standard InChI is InChI=1S/C14H19BrN4O/c1-2-6-19-14(20)13(15)12(8-16-19)18-7-5-10-3-4-11(9-18)17-10/h2,8,10-11,17H,1,3-7,9H2. The van der Waals surface area contributed by atoms with Gasteiger partial charge in [-0.15, -0.1) is 6.58 Å². The number of hydrogen-bond donors (Lipinski definition) is 1. The topological polar surface area (TPSA) is 50.2 Å². The van der Waals surface area contributed by atoms with Gasteiger partial charge in [0.1, 0.15) is 4.47 Å². The summed E-state index contributed by atoms with van der Waals surface area (Å²) in [5, 5.41) is 7.88. The lowest BCUT2D eigenvalue weighted by atomic mass is 10.1. The van der Waals surface area contributed by atoms with Crippen LogP contribution in [0.5, 0.6) is 0 Å². The maximum Gasteiger partial charge on any atom is 0.283 e. The molecule has 2 aliphatic heterocycles. The minimum atomic E-state index is -0.0928. The normalized spacial score (nSPS) is 25.6. The molecule has 1 N–H and O–H groups in total. The Morgan fingerprint density at radius 1 is 1.45 bits per heavy atom. The van der Waals surface area contributed by atoms with Crippen LogP contribution in [0, 0.1) is 0 Å². The van der Waals surface area contributed by atoms with Crippen LogP contribution in [-0.2, 0) is 6.54 Å². The predicted octanol–water partition coefficient (Wildman–Crippen LogP) is 1.52. The van der Waals surface area contributed by atoms with Gasteiger partial charge < -0.3 is 10.2 Å².